The zero-order valence-corrected chi connectivity index (χ0v) is 28.8. The fourth-order valence-corrected chi connectivity index (χ4v) is 3.90. The molecule has 272 valence electrons. The molecule has 0 radical (unpaired) electrons. The maximum absolute atomic E-state index is 11.6. The Kier molecular flexibility index (Phi) is 26.6. The number of carboxylic acid groups (broad SMARTS) is 1. The summed E-state index contributed by atoms with van der Waals surface area (Å²) in [6, 6.07) is 0. The van der Waals surface area contributed by atoms with Crippen molar-refractivity contribution in [2.75, 3.05) is 92.0 Å². The summed E-state index contributed by atoms with van der Waals surface area (Å²) in [4.78, 5) is 49.2. The molecule has 0 aromatic heterocycles. The molecule has 4 N–H and O–H groups in total. The molecule has 2 heterocycles. The molecule has 0 bridgehead atoms. The normalized spacial score (nSPS) is 15.5. The van der Waals surface area contributed by atoms with Gasteiger partial charge in [0.25, 0.3) is 0 Å². The number of esters is 1. The summed E-state index contributed by atoms with van der Waals surface area (Å²) in [5, 5.41) is 22.4. The number of amides is 2. The number of ether oxygens (including phenoxy) is 3. The second-order valence-corrected chi connectivity index (χ2v) is 13.2. The summed E-state index contributed by atoms with van der Waals surface area (Å²) in [7, 11) is 0. The van der Waals surface area contributed by atoms with Crippen LogP contribution in [0.1, 0.15) is 87.5 Å². The summed E-state index contributed by atoms with van der Waals surface area (Å²) >= 11 is 0. The molecular weight excluding hydrogens is 596 g/mol. The molecule has 46 heavy (non-hydrogen) atoms. The number of carbonyl (C=O) groups excluding carboxylic acids is 3. The van der Waals surface area contributed by atoms with Crippen molar-refractivity contribution in [3.05, 3.63) is 0 Å². The van der Waals surface area contributed by atoms with Gasteiger partial charge in [0.05, 0.1) is 33.0 Å². The Labute approximate surface area is 278 Å². The van der Waals surface area contributed by atoms with Crippen LogP contribution in [-0.2, 0) is 33.4 Å². The fraction of sp³-hybridized carbons (Fsp3) is 0.879. The second-order valence-electron chi connectivity index (χ2n) is 13.2. The molecule has 0 aliphatic carbocycles. The lowest BCUT2D eigenvalue weighted by molar-refractivity contribution is -0.144. The molecule has 0 spiro atoms. The van der Waals surface area contributed by atoms with Crippen LogP contribution >= 0.6 is 0 Å². The third kappa shape index (κ3) is 26.9. The van der Waals surface area contributed by atoms with Crippen molar-refractivity contribution in [1.29, 1.82) is 0 Å². The number of aliphatic hydroxyl groups is 1. The number of morpholine rings is 2. The molecule has 0 saturated carbocycles. The Bertz CT molecular complexity index is 817. The van der Waals surface area contributed by atoms with Gasteiger partial charge in [-0.25, -0.2) is 0 Å². The quantitative estimate of drug-likeness (QED) is 0.150. The van der Waals surface area contributed by atoms with Gasteiger partial charge >= 0.3 is 11.9 Å². The van der Waals surface area contributed by atoms with E-state index in [0.29, 0.717) is 45.6 Å². The van der Waals surface area contributed by atoms with Crippen LogP contribution in [0.25, 0.3) is 0 Å². The number of carboxylic acids is 1. The monoisotopic (exact) mass is 662 g/mol. The van der Waals surface area contributed by atoms with E-state index in [0.717, 1.165) is 78.5 Å². The fourth-order valence-electron chi connectivity index (χ4n) is 3.90. The Hall–Kier alpha value is -2.32. The smallest absolute Gasteiger partial charge is 0.305 e. The Morgan fingerprint density at radius 2 is 1.11 bits per heavy atom. The number of rotatable bonds is 15. The lowest BCUT2D eigenvalue weighted by Gasteiger charge is -2.26. The number of nitrogens with zero attached hydrogens (tertiary/aromatic N) is 2. The maximum Gasteiger partial charge on any atom is 0.305 e. The van der Waals surface area contributed by atoms with E-state index in [1.165, 1.54) is 0 Å². The van der Waals surface area contributed by atoms with Gasteiger partial charge in [0.1, 0.15) is 0 Å². The molecule has 2 amide bonds. The van der Waals surface area contributed by atoms with E-state index in [4.69, 9.17) is 24.4 Å². The Morgan fingerprint density at radius 3 is 1.50 bits per heavy atom. The molecule has 2 fully saturated rings. The summed E-state index contributed by atoms with van der Waals surface area (Å²) in [6.45, 7) is 22.0. The molecule has 2 saturated heterocycles. The average molecular weight is 663 g/mol. The van der Waals surface area contributed by atoms with Crippen molar-refractivity contribution < 1.29 is 43.6 Å². The first-order valence-electron chi connectivity index (χ1n) is 16.3. The molecule has 2 aliphatic rings. The number of hydrogen-bond acceptors (Lipinski definition) is 10. The predicted octanol–water partition coefficient (Wildman–Crippen LogP) is 2.55. The van der Waals surface area contributed by atoms with E-state index in [1.807, 2.05) is 41.5 Å². The number of nitrogens with one attached hydrogen (secondary N) is 2. The lowest BCUT2D eigenvalue weighted by Crippen LogP contribution is -2.37. The van der Waals surface area contributed by atoms with E-state index >= 15 is 0 Å². The van der Waals surface area contributed by atoms with Crippen LogP contribution < -0.4 is 10.6 Å². The van der Waals surface area contributed by atoms with E-state index < -0.39 is 11.4 Å². The summed E-state index contributed by atoms with van der Waals surface area (Å²) < 4.78 is 15.7. The maximum atomic E-state index is 11.6. The van der Waals surface area contributed by atoms with E-state index in [9.17, 15) is 19.2 Å². The van der Waals surface area contributed by atoms with E-state index in [2.05, 4.69) is 20.4 Å². The van der Waals surface area contributed by atoms with Crippen LogP contribution in [-0.4, -0.2) is 136 Å². The van der Waals surface area contributed by atoms with Crippen LogP contribution in [0.15, 0.2) is 0 Å². The lowest BCUT2D eigenvalue weighted by atomic mass is 9.96. The van der Waals surface area contributed by atoms with Gasteiger partial charge in [0, 0.05) is 82.6 Å². The molecule has 0 aromatic rings. The Morgan fingerprint density at radius 1 is 0.696 bits per heavy atom. The highest BCUT2D eigenvalue weighted by molar-refractivity contribution is 5.81. The van der Waals surface area contributed by atoms with Gasteiger partial charge in [-0.1, -0.05) is 49.0 Å². The SMILES string of the molecule is C.CC(C)(C)C(=O)NCCCC(=O)O.CC(C)(C)C(=O)NCCCC(=O)OCCCN1CCOCC1.OCCCN1CCOCC1. The largest absolute Gasteiger partial charge is 0.481 e. The summed E-state index contributed by atoms with van der Waals surface area (Å²) in [5.74, 6) is -1.05. The van der Waals surface area contributed by atoms with Crippen molar-refractivity contribution in [3.8, 4) is 0 Å². The molecular formula is C33H66N4O9. The van der Waals surface area contributed by atoms with Crippen molar-refractivity contribution in [2.24, 2.45) is 10.8 Å². The van der Waals surface area contributed by atoms with Crippen LogP contribution in [0.2, 0.25) is 0 Å². The highest BCUT2D eigenvalue weighted by Crippen LogP contribution is 2.13. The summed E-state index contributed by atoms with van der Waals surface area (Å²) in [5.41, 5.74) is -0.788. The minimum atomic E-state index is -0.829. The minimum absolute atomic E-state index is 0. The zero-order chi connectivity index (χ0) is 34.1. The molecule has 0 atom stereocenters. The van der Waals surface area contributed by atoms with Crippen molar-refractivity contribution >= 4 is 23.8 Å². The van der Waals surface area contributed by atoms with Gasteiger partial charge in [0.15, 0.2) is 0 Å². The van der Waals surface area contributed by atoms with Gasteiger partial charge < -0.3 is 35.1 Å². The number of aliphatic hydroxyl groups excluding tert-OH is 1. The molecule has 2 rings (SSSR count). The average Bonchev–Trinajstić information content (AvgIpc) is 2.99. The van der Waals surface area contributed by atoms with E-state index in [-0.39, 0.29) is 37.0 Å². The minimum Gasteiger partial charge on any atom is -0.481 e. The molecule has 13 nitrogen and oxygen atoms in total. The highest BCUT2D eigenvalue weighted by atomic mass is 16.5. The van der Waals surface area contributed by atoms with Gasteiger partial charge in [0.2, 0.25) is 11.8 Å². The second kappa shape index (κ2) is 26.7. The first kappa shape index (κ1) is 45.8. The number of hydrogen-bond donors (Lipinski definition) is 4. The number of aliphatic carboxylic acids is 1. The number of carbonyl (C=O) groups is 4. The van der Waals surface area contributed by atoms with Crippen molar-refractivity contribution in [2.45, 2.75) is 87.5 Å². The topological polar surface area (TPSA) is 167 Å². The Balaban J connectivity index is 0. The molecule has 0 unspecified atom stereocenters. The van der Waals surface area contributed by atoms with Crippen molar-refractivity contribution in [3.63, 3.8) is 0 Å². The molecule has 0 aromatic carbocycles. The first-order chi connectivity index (χ1) is 21.2. The zero-order valence-electron chi connectivity index (χ0n) is 28.8. The standard InChI is InChI=1S/C16H30N2O4.C9H17NO3.C7H15NO2.CH4/c1-16(2,3)15(20)17-7-4-6-14(19)22-11-5-8-18-9-12-21-13-10-18;1-9(2,3)8(13)10-6-4-5-7(11)12;9-5-1-2-8-3-6-10-7-4-8;/h4-13H2,1-3H3,(H,17,20);4-6H2,1-3H3,(H,10,13)(H,11,12);9H,1-7H2;1H4. The van der Waals surface area contributed by atoms with Gasteiger partial charge in [-0.15, -0.1) is 0 Å². The van der Waals surface area contributed by atoms with Crippen LogP contribution in [0.3, 0.4) is 0 Å². The van der Waals surface area contributed by atoms with Gasteiger partial charge in [-0.05, 0) is 25.7 Å². The molecule has 2 aliphatic heterocycles. The summed E-state index contributed by atoms with van der Waals surface area (Å²) in [6.07, 6.45) is 3.29. The van der Waals surface area contributed by atoms with Crippen LogP contribution in [0.5, 0.6) is 0 Å². The third-order valence-electron chi connectivity index (χ3n) is 6.78. The van der Waals surface area contributed by atoms with Gasteiger partial charge in [-0.3, -0.25) is 29.0 Å². The first-order valence-corrected chi connectivity index (χ1v) is 16.3. The highest BCUT2D eigenvalue weighted by Gasteiger charge is 2.21. The third-order valence-corrected chi connectivity index (χ3v) is 6.78. The van der Waals surface area contributed by atoms with Crippen LogP contribution in [0.4, 0.5) is 0 Å². The van der Waals surface area contributed by atoms with Crippen molar-refractivity contribution in [1.82, 2.24) is 20.4 Å². The molecule has 13 heteroatoms. The van der Waals surface area contributed by atoms with E-state index in [1.54, 1.807) is 0 Å². The van der Waals surface area contributed by atoms with Crippen LogP contribution in [0, 0.1) is 10.8 Å². The van der Waals surface area contributed by atoms with Gasteiger partial charge in [-0.2, -0.15) is 0 Å². The predicted molar refractivity (Wildman–Crippen MR) is 180 cm³/mol.